The second kappa shape index (κ2) is 4.55. The summed E-state index contributed by atoms with van der Waals surface area (Å²) in [6.07, 6.45) is 0.522. The average molecular weight is 236 g/mol. The Morgan fingerprint density at radius 3 is 3.00 bits per heavy atom. The molecule has 2 unspecified atom stereocenters. The smallest absolute Gasteiger partial charge is 0.110 e. The zero-order valence-electron chi connectivity index (χ0n) is 10.4. The molecule has 17 heavy (non-hydrogen) atoms. The number of aryl methyl sites for hydroxylation is 1. The molecule has 1 aliphatic rings. The van der Waals surface area contributed by atoms with Gasteiger partial charge in [-0.05, 0) is 25.5 Å². The minimum atomic E-state index is -0.795. The molecule has 4 heteroatoms. The van der Waals surface area contributed by atoms with Gasteiger partial charge in [0.15, 0.2) is 0 Å². The number of para-hydroxylation sites is 1. The molecule has 1 aliphatic heterocycles. The molecule has 4 nitrogen and oxygen atoms in total. The van der Waals surface area contributed by atoms with Gasteiger partial charge in [0.05, 0.1) is 17.5 Å². The van der Waals surface area contributed by atoms with Crippen molar-refractivity contribution in [1.29, 1.82) is 0 Å². The van der Waals surface area contributed by atoms with E-state index in [9.17, 15) is 5.11 Å². The molecular formula is C13H20N2O2. The number of rotatable bonds is 3. The predicted molar refractivity (Wildman–Crippen MR) is 69.1 cm³/mol. The van der Waals surface area contributed by atoms with Gasteiger partial charge in [-0.3, -0.25) is 0 Å². The maximum absolute atomic E-state index is 10.4. The summed E-state index contributed by atoms with van der Waals surface area (Å²) >= 11 is 0. The van der Waals surface area contributed by atoms with Gasteiger partial charge in [-0.15, -0.1) is 0 Å². The fourth-order valence-electron chi connectivity index (χ4n) is 2.09. The third-order valence-corrected chi connectivity index (χ3v) is 3.57. The van der Waals surface area contributed by atoms with E-state index in [0.717, 1.165) is 16.9 Å². The molecule has 1 aromatic rings. The van der Waals surface area contributed by atoms with E-state index < -0.39 is 5.60 Å². The van der Waals surface area contributed by atoms with Crippen LogP contribution in [0.5, 0.6) is 0 Å². The Morgan fingerprint density at radius 2 is 2.35 bits per heavy atom. The van der Waals surface area contributed by atoms with E-state index in [1.165, 1.54) is 0 Å². The molecule has 0 spiro atoms. The van der Waals surface area contributed by atoms with Gasteiger partial charge in [0.25, 0.3) is 0 Å². The van der Waals surface area contributed by atoms with Crippen LogP contribution in [0.4, 0.5) is 11.4 Å². The molecule has 1 saturated heterocycles. The number of hydrogen-bond acceptors (Lipinski definition) is 4. The summed E-state index contributed by atoms with van der Waals surface area (Å²) in [7, 11) is 0. The lowest BCUT2D eigenvalue weighted by Crippen LogP contribution is -2.43. The molecule has 0 aliphatic carbocycles. The summed E-state index contributed by atoms with van der Waals surface area (Å²) in [5.41, 5.74) is 7.83. The van der Waals surface area contributed by atoms with Crippen molar-refractivity contribution in [2.45, 2.75) is 32.0 Å². The summed E-state index contributed by atoms with van der Waals surface area (Å²) in [5.74, 6) is 0. The molecule has 1 aromatic carbocycles. The first-order valence-electron chi connectivity index (χ1n) is 5.96. The maximum atomic E-state index is 10.4. The van der Waals surface area contributed by atoms with Crippen LogP contribution in [-0.2, 0) is 4.74 Å². The van der Waals surface area contributed by atoms with Gasteiger partial charge in [-0.2, -0.15) is 0 Å². The molecule has 0 saturated carbocycles. The van der Waals surface area contributed by atoms with Crippen LogP contribution in [0.1, 0.15) is 18.9 Å². The van der Waals surface area contributed by atoms with E-state index in [2.05, 4.69) is 5.32 Å². The van der Waals surface area contributed by atoms with Crippen LogP contribution in [0.2, 0.25) is 0 Å². The summed E-state index contributed by atoms with van der Waals surface area (Å²) in [6.45, 7) is 4.94. The Labute approximate surface area is 102 Å². The van der Waals surface area contributed by atoms with Crippen molar-refractivity contribution in [3.63, 3.8) is 0 Å². The highest BCUT2D eigenvalue weighted by atomic mass is 16.5. The second-order valence-electron chi connectivity index (χ2n) is 4.76. The van der Waals surface area contributed by atoms with Gasteiger partial charge < -0.3 is 20.9 Å². The molecule has 2 atom stereocenters. The monoisotopic (exact) mass is 236 g/mol. The summed E-state index contributed by atoms with van der Waals surface area (Å²) in [4.78, 5) is 0. The number of nitrogens with one attached hydrogen (secondary N) is 1. The topological polar surface area (TPSA) is 67.5 Å². The predicted octanol–water partition coefficient (Wildman–Crippen LogP) is 1.53. The van der Waals surface area contributed by atoms with Crippen LogP contribution in [0.15, 0.2) is 18.2 Å². The van der Waals surface area contributed by atoms with E-state index in [4.69, 9.17) is 10.5 Å². The van der Waals surface area contributed by atoms with Crippen LogP contribution < -0.4 is 11.1 Å². The quantitative estimate of drug-likeness (QED) is 0.696. The molecule has 4 N–H and O–H groups in total. The van der Waals surface area contributed by atoms with Crippen LogP contribution in [0, 0.1) is 6.92 Å². The molecule has 2 rings (SSSR count). The first-order valence-corrected chi connectivity index (χ1v) is 5.96. The van der Waals surface area contributed by atoms with Crippen molar-refractivity contribution in [1.82, 2.24) is 0 Å². The van der Waals surface area contributed by atoms with Crippen LogP contribution >= 0.6 is 0 Å². The summed E-state index contributed by atoms with van der Waals surface area (Å²) < 4.78 is 5.39. The first-order chi connectivity index (χ1) is 8.03. The normalized spacial score (nSPS) is 28.3. The Kier molecular flexibility index (Phi) is 3.26. The molecular weight excluding hydrogens is 216 g/mol. The fourth-order valence-corrected chi connectivity index (χ4v) is 2.09. The lowest BCUT2D eigenvalue weighted by atomic mass is 9.96. The minimum Gasteiger partial charge on any atom is -0.397 e. The Hall–Kier alpha value is -1.26. The van der Waals surface area contributed by atoms with Gasteiger partial charge in [0.1, 0.15) is 5.60 Å². The Balaban J connectivity index is 2.05. The van der Waals surface area contributed by atoms with Crippen LogP contribution in [0.25, 0.3) is 0 Å². The second-order valence-corrected chi connectivity index (χ2v) is 4.76. The molecule has 1 fully saturated rings. The van der Waals surface area contributed by atoms with Crippen LogP contribution in [0.3, 0.4) is 0 Å². The lowest BCUT2D eigenvalue weighted by Gasteiger charge is -2.27. The highest BCUT2D eigenvalue weighted by molar-refractivity contribution is 5.69. The molecule has 1 heterocycles. The number of benzene rings is 1. The van der Waals surface area contributed by atoms with E-state index >= 15 is 0 Å². The molecule has 0 amide bonds. The third kappa shape index (κ3) is 2.37. The van der Waals surface area contributed by atoms with Crippen molar-refractivity contribution in [3.8, 4) is 0 Å². The Bertz CT molecular complexity index is 408. The van der Waals surface area contributed by atoms with E-state index in [1.807, 2.05) is 32.0 Å². The highest BCUT2D eigenvalue weighted by Crippen LogP contribution is 2.28. The van der Waals surface area contributed by atoms with Gasteiger partial charge in [-0.25, -0.2) is 0 Å². The van der Waals surface area contributed by atoms with Crippen molar-refractivity contribution < 1.29 is 9.84 Å². The lowest BCUT2D eigenvalue weighted by molar-refractivity contribution is -0.0175. The zero-order chi connectivity index (χ0) is 12.5. The largest absolute Gasteiger partial charge is 0.397 e. The standard InChI is InChI=1S/C13H20N2O2/c1-9-4-3-5-11(12(9)14)15-8-13(16)6-7-17-10(13)2/h3-5,10,15-16H,6-8,14H2,1-2H3. The minimum absolute atomic E-state index is 0.138. The van der Waals surface area contributed by atoms with Gasteiger partial charge in [0.2, 0.25) is 0 Å². The van der Waals surface area contributed by atoms with E-state index in [1.54, 1.807) is 0 Å². The van der Waals surface area contributed by atoms with Crippen LogP contribution in [-0.4, -0.2) is 30.0 Å². The zero-order valence-corrected chi connectivity index (χ0v) is 10.4. The number of ether oxygens (including phenoxy) is 1. The first kappa shape index (κ1) is 12.2. The van der Waals surface area contributed by atoms with Crippen molar-refractivity contribution in [2.75, 3.05) is 24.2 Å². The van der Waals surface area contributed by atoms with Crippen molar-refractivity contribution in [2.24, 2.45) is 0 Å². The summed E-state index contributed by atoms with van der Waals surface area (Å²) in [5, 5.41) is 13.6. The van der Waals surface area contributed by atoms with Gasteiger partial charge in [0, 0.05) is 19.6 Å². The third-order valence-electron chi connectivity index (χ3n) is 3.57. The van der Waals surface area contributed by atoms with E-state index in [-0.39, 0.29) is 6.10 Å². The SMILES string of the molecule is Cc1cccc(NCC2(O)CCOC2C)c1N. The number of aliphatic hydroxyl groups is 1. The molecule has 0 bridgehead atoms. The number of nitrogens with two attached hydrogens (primary N) is 1. The van der Waals surface area contributed by atoms with Crippen molar-refractivity contribution >= 4 is 11.4 Å². The van der Waals surface area contributed by atoms with E-state index in [0.29, 0.717) is 19.6 Å². The van der Waals surface area contributed by atoms with Crippen molar-refractivity contribution in [3.05, 3.63) is 23.8 Å². The molecule has 0 radical (unpaired) electrons. The Morgan fingerprint density at radius 1 is 1.59 bits per heavy atom. The maximum Gasteiger partial charge on any atom is 0.110 e. The highest BCUT2D eigenvalue weighted by Gasteiger charge is 2.39. The number of nitrogen functional groups attached to an aromatic ring is 1. The molecule has 0 aromatic heterocycles. The number of anilines is 2. The average Bonchev–Trinajstić information content (AvgIpc) is 2.62. The number of hydrogen-bond donors (Lipinski definition) is 3. The molecule has 94 valence electrons. The van der Waals surface area contributed by atoms with Gasteiger partial charge >= 0.3 is 0 Å². The fraction of sp³-hybridized carbons (Fsp3) is 0.538. The van der Waals surface area contributed by atoms with Gasteiger partial charge in [-0.1, -0.05) is 12.1 Å². The summed E-state index contributed by atoms with van der Waals surface area (Å²) in [6, 6.07) is 5.84.